The van der Waals surface area contributed by atoms with E-state index in [-0.39, 0.29) is 66.8 Å². The molecule has 0 spiro atoms. The summed E-state index contributed by atoms with van der Waals surface area (Å²) in [6, 6.07) is 0. The minimum atomic E-state index is -1.89. The van der Waals surface area contributed by atoms with E-state index < -0.39 is 49.1 Å². The zero-order valence-corrected chi connectivity index (χ0v) is 61.9. The van der Waals surface area contributed by atoms with Crippen molar-refractivity contribution in [2.45, 2.75) is 325 Å². The highest BCUT2D eigenvalue weighted by Crippen LogP contribution is 2.41. The Labute approximate surface area is 526 Å². The number of aliphatic hydroxyl groups excluding tert-OH is 3. The van der Waals surface area contributed by atoms with Crippen LogP contribution in [0.5, 0.6) is 0 Å². The lowest BCUT2D eigenvalue weighted by Crippen LogP contribution is -2.44. The summed E-state index contributed by atoms with van der Waals surface area (Å²) in [7, 11) is -5.22. The van der Waals surface area contributed by atoms with Crippen molar-refractivity contribution in [2.24, 2.45) is 0 Å². The van der Waals surface area contributed by atoms with Crippen LogP contribution in [0.25, 0.3) is 0 Å². The highest BCUT2D eigenvalue weighted by molar-refractivity contribution is 6.74. The summed E-state index contributed by atoms with van der Waals surface area (Å²) in [5, 5.41) is 27.3. The van der Waals surface area contributed by atoms with E-state index in [0.29, 0.717) is 63.0 Å². The number of nitrogens with one attached hydrogen (secondary N) is 1. The molecule has 1 saturated heterocycles. The molecule has 4 N–H and O–H groups in total. The van der Waals surface area contributed by atoms with Crippen molar-refractivity contribution in [2.75, 3.05) is 46.2 Å². The number of halogens is 1. The van der Waals surface area contributed by atoms with Gasteiger partial charge in [0.15, 0.2) is 43.5 Å². The molecular formula is C64H132FNO17Si3. The van der Waals surface area contributed by atoms with Crippen molar-refractivity contribution in [1.82, 2.24) is 5.54 Å². The van der Waals surface area contributed by atoms with E-state index in [1.807, 2.05) is 34.6 Å². The van der Waals surface area contributed by atoms with Crippen LogP contribution in [0.3, 0.4) is 0 Å². The Bertz CT molecular complexity index is 1730. The third kappa shape index (κ3) is 53.2. The van der Waals surface area contributed by atoms with Crippen LogP contribution in [-0.2, 0) is 65.7 Å². The smallest absolute Gasteiger partial charge is 0.313 e. The Morgan fingerprint density at radius 1 is 0.512 bits per heavy atom. The molecule has 22 heteroatoms. The summed E-state index contributed by atoms with van der Waals surface area (Å²) >= 11 is 0. The lowest BCUT2D eigenvalue weighted by molar-refractivity contribution is -0.161. The monoisotopic (exact) mass is 1290 g/mol. The van der Waals surface area contributed by atoms with E-state index in [1.165, 1.54) is 0 Å². The first-order valence-corrected chi connectivity index (χ1v) is 40.9. The van der Waals surface area contributed by atoms with Gasteiger partial charge in [-0.05, 0) is 106 Å². The van der Waals surface area contributed by atoms with Crippen molar-refractivity contribution in [3.8, 4) is 0 Å². The van der Waals surface area contributed by atoms with E-state index in [0.717, 1.165) is 95.7 Å². The average molecular weight is 1290 g/mol. The number of carbonyl (C=O) groups is 5. The SMILES string of the molecule is C=C(CCCC)OCC(CO[Si](C)(C)C(C)(C)C)OC(=O)CCCC.CC(C)(C)[Si](C)(C)OCC(O)CO.CC1OC1O[Si](C)(C)C(C)(C)C.CCCCC(=O)OC(=O)CCC.CCCCC(=O)OCC(CO)OC(=O)CCCC.CCCCNF. The molecule has 0 amide bonds. The number of epoxide rings is 1. The van der Waals surface area contributed by atoms with Crippen LogP contribution < -0.4 is 5.54 Å². The molecule has 0 aliphatic carbocycles. The van der Waals surface area contributed by atoms with Gasteiger partial charge in [-0.1, -0.05) is 156 Å². The van der Waals surface area contributed by atoms with Gasteiger partial charge in [0.1, 0.15) is 19.3 Å². The Balaban J connectivity index is -0.000000319. The normalized spacial score (nSPS) is 15.0. The predicted molar refractivity (Wildman–Crippen MR) is 353 cm³/mol. The number of hydrogen-bond acceptors (Lipinski definition) is 18. The Hall–Kier alpha value is -2.65. The molecule has 1 aliphatic rings. The van der Waals surface area contributed by atoms with Gasteiger partial charge in [0.25, 0.3) is 0 Å². The van der Waals surface area contributed by atoms with Crippen molar-refractivity contribution in [1.29, 1.82) is 0 Å². The maximum Gasteiger partial charge on any atom is 0.313 e. The summed E-state index contributed by atoms with van der Waals surface area (Å²) < 4.78 is 59.8. The summed E-state index contributed by atoms with van der Waals surface area (Å²) in [6.07, 6.45) is 13.0. The molecule has 0 aromatic rings. The molecule has 5 atom stereocenters. The number of esters is 5. The average Bonchev–Trinajstić information content (AvgIpc) is 3.17. The molecule has 1 rings (SSSR count). The topological polar surface area (TPSA) is 244 Å². The van der Waals surface area contributed by atoms with Crippen LogP contribution in [0.2, 0.25) is 54.4 Å². The lowest BCUT2D eigenvalue weighted by Gasteiger charge is -2.37. The predicted octanol–water partition coefficient (Wildman–Crippen LogP) is 15.1. The fourth-order valence-electron chi connectivity index (χ4n) is 5.45. The maximum atomic E-state index is 12.0. The fraction of sp³-hybridized carbons (Fsp3) is 0.891. The number of allylic oxidation sites excluding steroid dienone is 1. The summed E-state index contributed by atoms with van der Waals surface area (Å²) in [6.45, 7) is 53.7. The number of aliphatic hydroxyl groups is 3. The first-order valence-electron chi connectivity index (χ1n) is 32.2. The summed E-state index contributed by atoms with van der Waals surface area (Å²) in [4.78, 5) is 56.2. The minimum absolute atomic E-state index is 0.0725. The van der Waals surface area contributed by atoms with Crippen LogP contribution in [0.15, 0.2) is 12.3 Å². The molecule has 86 heavy (non-hydrogen) atoms. The molecule has 0 bridgehead atoms. The van der Waals surface area contributed by atoms with Crippen LogP contribution in [0.1, 0.15) is 240 Å². The van der Waals surface area contributed by atoms with Gasteiger partial charge in [-0.3, -0.25) is 24.0 Å². The van der Waals surface area contributed by atoms with Crippen molar-refractivity contribution in [3.63, 3.8) is 0 Å². The number of unbranched alkanes of at least 4 members (excludes halogenated alkanes) is 6. The standard InChI is InChI=1S/C20H40O4Si.C13H24O5.C9H22O3Si.C9H16O3.C9H20O2Si.C4H10FN/c1-9-11-13-17(3)22-15-18(24-19(21)14-12-10-2)16-23-25(7,8)20(4,5)6;1-3-5-7-12(15)17-10-11(9-14)18-13(16)8-6-4-2;1-9(2,3)13(4,5)12-7-8(11)6-10;1-3-5-7-9(11)12-8(10)6-4-2;1-7-8(10-7)11-12(5,6)9(2,3)4;1-2-3-4-6-5/h18H,3,9-16H2,1-2,4-8H3;11,14H,3-10H2,1-2H3;8,10-11H,6-7H2,1-5H3;3-7H2,1-2H3;7-8H,1-6H3;6H,2-4H2,1H3. The molecule has 5 unspecified atom stereocenters. The molecule has 1 aliphatic heterocycles. The van der Waals surface area contributed by atoms with E-state index in [9.17, 15) is 28.5 Å². The second-order valence-electron chi connectivity index (χ2n) is 26.4. The van der Waals surface area contributed by atoms with Gasteiger partial charge in [-0.15, -0.1) is 4.48 Å². The third-order valence-electron chi connectivity index (χ3n) is 14.7. The zero-order valence-electron chi connectivity index (χ0n) is 58.9. The maximum absolute atomic E-state index is 12.0. The third-order valence-corrected chi connectivity index (χ3v) is 28.2. The van der Waals surface area contributed by atoms with Gasteiger partial charge >= 0.3 is 29.8 Å². The summed E-state index contributed by atoms with van der Waals surface area (Å²) in [5.74, 6) is -0.897. The Morgan fingerprint density at radius 2 is 0.884 bits per heavy atom. The first-order chi connectivity index (χ1) is 39.7. The van der Waals surface area contributed by atoms with Crippen LogP contribution in [0.4, 0.5) is 4.48 Å². The van der Waals surface area contributed by atoms with Gasteiger partial charge in [-0.25, -0.2) is 0 Å². The highest BCUT2D eigenvalue weighted by atomic mass is 28.4. The second kappa shape index (κ2) is 52.0. The van der Waals surface area contributed by atoms with E-state index >= 15 is 0 Å². The second-order valence-corrected chi connectivity index (χ2v) is 40.7. The highest BCUT2D eigenvalue weighted by Gasteiger charge is 2.46. The van der Waals surface area contributed by atoms with Crippen molar-refractivity contribution >= 4 is 54.8 Å². The molecule has 0 saturated carbocycles. The van der Waals surface area contributed by atoms with Gasteiger partial charge in [-0.2, -0.15) is 5.54 Å². The zero-order chi connectivity index (χ0) is 67.8. The van der Waals surface area contributed by atoms with Crippen LogP contribution in [0, 0.1) is 0 Å². The molecule has 0 radical (unpaired) electrons. The molecule has 514 valence electrons. The van der Waals surface area contributed by atoms with E-state index in [2.05, 4.69) is 134 Å². The van der Waals surface area contributed by atoms with Crippen molar-refractivity contribution in [3.05, 3.63) is 12.3 Å². The van der Waals surface area contributed by atoms with Crippen molar-refractivity contribution < 1.29 is 85.5 Å². The van der Waals surface area contributed by atoms with Gasteiger partial charge in [0, 0.05) is 45.1 Å². The van der Waals surface area contributed by atoms with Crippen LogP contribution in [-0.4, -0.2) is 147 Å². The molecular weight excluding hydrogens is 1160 g/mol. The molecule has 1 heterocycles. The number of ether oxygens (including phenoxy) is 6. The van der Waals surface area contributed by atoms with E-state index in [1.54, 1.807) is 5.54 Å². The number of carbonyl (C=O) groups excluding carboxylic acids is 5. The first kappa shape index (κ1) is 92.1. The lowest BCUT2D eigenvalue weighted by atomic mass is 10.2. The molecule has 18 nitrogen and oxygen atoms in total. The van der Waals surface area contributed by atoms with Gasteiger partial charge < -0.3 is 57.0 Å². The number of hydrogen-bond donors (Lipinski definition) is 4. The fourth-order valence-corrected chi connectivity index (χ4v) is 8.71. The molecule has 1 fully saturated rings. The minimum Gasteiger partial charge on any atom is -0.495 e. The van der Waals surface area contributed by atoms with Gasteiger partial charge in [0.2, 0.25) is 0 Å². The van der Waals surface area contributed by atoms with Crippen LogP contribution >= 0.6 is 0 Å². The van der Waals surface area contributed by atoms with Gasteiger partial charge in [0.05, 0.1) is 38.3 Å². The Morgan fingerprint density at radius 3 is 1.24 bits per heavy atom. The van der Waals surface area contributed by atoms with E-state index in [4.69, 9.17) is 52.3 Å². The molecule has 0 aromatic carbocycles. The quantitative estimate of drug-likeness (QED) is 0.00660. The summed E-state index contributed by atoms with van der Waals surface area (Å²) in [5.41, 5.74) is 1.57. The largest absolute Gasteiger partial charge is 0.495 e. The number of rotatable bonds is 37. The molecule has 0 aromatic heterocycles. The Kier molecular flexibility index (Phi) is 55.7.